The number of carbonyl (C=O) groups excluding carboxylic acids is 1. The van der Waals surface area contributed by atoms with Crippen molar-refractivity contribution in [2.24, 2.45) is 0 Å². The Kier molecular flexibility index (Phi) is 5.89. The standard InChI is InChI=1S/C19H34N2O/c1-9-11-12-13-14-16-15(10-2)20(18(3,4)5)17(22)21(16)19(6,7)8/h10-12,15-16H,2,9,13-14H2,1,3-8H3/b12-11-/t15-,16-/m0/s1. The van der Waals surface area contributed by atoms with Crippen molar-refractivity contribution in [1.82, 2.24) is 9.80 Å². The van der Waals surface area contributed by atoms with Crippen molar-refractivity contribution in [2.45, 2.75) is 90.9 Å². The minimum atomic E-state index is -0.201. The second kappa shape index (κ2) is 6.89. The van der Waals surface area contributed by atoms with Crippen LogP contribution in [0.25, 0.3) is 0 Å². The number of carbonyl (C=O) groups is 1. The second-order valence-corrected chi connectivity index (χ2v) is 8.11. The largest absolute Gasteiger partial charge is 0.321 e. The Morgan fingerprint density at radius 2 is 1.59 bits per heavy atom. The highest BCUT2D eigenvalue weighted by atomic mass is 16.2. The van der Waals surface area contributed by atoms with E-state index >= 15 is 0 Å². The van der Waals surface area contributed by atoms with Crippen LogP contribution in [0, 0.1) is 0 Å². The summed E-state index contributed by atoms with van der Waals surface area (Å²) in [7, 11) is 0. The summed E-state index contributed by atoms with van der Waals surface area (Å²) in [5, 5.41) is 0. The fraction of sp³-hybridized carbons (Fsp3) is 0.737. The van der Waals surface area contributed by atoms with Crippen LogP contribution >= 0.6 is 0 Å². The molecule has 0 unspecified atom stereocenters. The SMILES string of the molecule is C=C[C@H]1[C@H](CC/C=C\CC)N(C(C)(C)C)C(=O)N1C(C)(C)C. The lowest BCUT2D eigenvalue weighted by Crippen LogP contribution is -2.50. The zero-order valence-corrected chi connectivity index (χ0v) is 15.5. The molecule has 0 aromatic rings. The Morgan fingerprint density at radius 1 is 1.05 bits per heavy atom. The van der Waals surface area contributed by atoms with E-state index in [0.717, 1.165) is 19.3 Å². The van der Waals surface area contributed by atoms with E-state index in [4.69, 9.17) is 0 Å². The third-order valence-electron chi connectivity index (χ3n) is 4.15. The minimum absolute atomic E-state index is 0.0711. The number of nitrogens with zero attached hydrogens (tertiary/aromatic N) is 2. The van der Waals surface area contributed by atoms with E-state index in [1.165, 1.54) is 0 Å². The van der Waals surface area contributed by atoms with Crippen molar-refractivity contribution in [3.8, 4) is 0 Å². The quantitative estimate of drug-likeness (QED) is 0.656. The molecule has 1 fully saturated rings. The Balaban J connectivity index is 3.13. The summed E-state index contributed by atoms with van der Waals surface area (Å²) in [5.74, 6) is 0. The summed E-state index contributed by atoms with van der Waals surface area (Å²) < 4.78 is 0. The van der Waals surface area contributed by atoms with Gasteiger partial charge in [-0.3, -0.25) is 0 Å². The molecule has 0 radical (unpaired) electrons. The summed E-state index contributed by atoms with van der Waals surface area (Å²) in [4.78, 5) is 17.1. The van der Waals surface area contributed by atoms with Crippen LogP contribution < -0.4 is 0 Å². The lowest BCUT2D eigenvalue weighted by atomic mass is 9.95. The average molecular weight is 306 g/mol. The van der Waals surface area contributed by atoms with E-state index in [-0.39, 0.29) is 29.2 Å². The van der Waals surface area contributed by atoms with E-state index < -0.39 is 0 Å². The van der Waals surface area contributed by atoms with Crippen molar-refractivity contribution in [3.05, 3.63) is 24.8 Å². The topological polar surface area (TPSA) is 23.6 Å². The van der Waals surface area contributed by atoms with Crippen molar-refractivity contribution < 1.29 is 4.79 Å². The molecule has 0 saturated carbocycles. The van der Waals surface area contributed by atoms with Gasteiger partial charge < -0.3 is 9.80 Å². The number of hydrogen-bond acceptors (Lipinski definition) is 1. The molecular formula is C19H34N2O. The van der Waals surface area contributed by atoms with Crippen molar-refractivity contribution in [3.63, 3.8) is 0 Å². The van der Waals surface area contributed by atoms with Gasteiger partial charge in [0.1, 0.15) is 0 Å². The van der Waals surface area contributed by atoms with Gasteiger partial charge in [-0.1, -0.05) is 25.2 Å². The molecule has 22 heavy (non-hydrogen) atoms. The van der Waals surface area contributed by atoms with Crippen LogP contribution in [0.4, 0.5) is 4.79 Å². The van der Waals surface area contributed by atoms with E-state index in [9.17, 15) is 4.79 Å². The van der Waals surface area contributed by atoms with Gasteiger partial charge in [0.25, 0.3) is 0 Å². The molecule has 1 aliphatic rings. The highest BCUT2D eigenvalue weighted by molar-refractivity contribution is 5.80. The number of allylic oxidation sites excluding steroid dienone is 2. The first-order valence-corrected chi connectivity index (χ1v) is 8.46. The number of rotatable bonds is 5. The fourth-order valence-corrected chi connectivity index (χ4v) is 3.34. The average Bonchev–Trinajstić information content (AvgIpc) is 2.66. The molecule has 1 heterocycles. The molecule has 0 N–H and O–H groups in total. The van der Waals surface area contributed by atoms with Gasteiger partial charge in [-0.05, 0) is 60.8 Å². The summed E-state index contributed by atoms with van der Waals surface area (Å²) in [6.45, 7) is 18.8. The summed E-state index contributed by atoms with van der Waals surface area (Å²) >= 11 is 0. The van der Waals surface area contributed by atoms with Crippen LogP contribution in [0.3, 0.4) is 0 Å². The zero-order valence-electron chi connectivity index (χ0n) is 15.5. The number of hydrogen-bond donors (Lipinski definition) is 0. The predicted molar refractivity (Wildman–Crippen MR) is 95.0 cm³/mol. The Hall–Kier alpha value is -1.25. The fourth-order valence-electron chi connectivity index (χ4n) is 3.34. The van der Waals surface area contributed by atoms with E-state index in [0.29, 0.717) is 0 Å². The summed E-state index contributed by atoms with van der Waals surface area (Å²) in [5.41, 5.74) is -0.384. The van der Waals surface area contributed by atoms with Gasteiger partial charge in [-0.15, -0.1) is 6.58 Å². The van der Waals surface area contributed by atoms with Crippen molar-refractivity contribution in [1.29, 1.82) is 0 Å². The van der Waals surface area contributed by atoms with Crippen LogP contribution in [-0.4, -0.2) is 39.0 Å². The summed E-state index contributed by atoms with van der Waals surface area (Å²) in [6, 6.07) is 0.391. The normalized spacial score (nSPS) is 23.7. The van der Waals surface area contributed by atoms with Gasteiger partial charge in [-0.25, -0.2) is 4.79 Å². The van der Waals surface area contributed by atoms with Crippen molar-refractivity contribution in [2.75, 3.05) is 0 Å². The van der Waals surface area contributed by atoms with Gasteiger partial charge in [-0.2, -0.15) is 0 Å². The van der Waals surface area contributed by atoms with E-state index in [2.05, 4.69) is 72.1 Å². The number of amides is 2. The molecule has 1 rings (SSSR count). The van der Waals surface area contributed by atoms with Gasteiger partial charge in [0.15, 0.2) is 0 Å². The molecule has 126 valence electrons. The smallest absolute Gasteiger partial charge is 0.314 e. The molecule has 3 heteroatoms. The molecule has 0 aromatic heterocycles. The van der Waals surface area contributed by atoms with Gasteiger partial charge >= 0.3 is 6.03 Å². The third kappa shape index (κ3) is 3.93. The molecular weight excluding hydrogens is 272 g/mol. The van der Waals surface area contributed by atoms with Gasteiger partial charge in [0.2, 0.25) is 0 Å². The molecule has 0 bridgehead atoms. The van der Waals surface area contributed by atoms with Crippen LogP contribution in [-0.2, 0) is 0 Å². The van der Waals surface area contributed by atoms with E-state index in [1.807, 2.05) is 11.0 Å². The molecule has 2 atom stereocenters. The lowest BCUT2D eigenvalue weighted by Gasteiger charge is -2.37. The van der Waals surface area contributed by atoms with Crippen LogP contribution in [0.15, 0.2) is 24.8 Å². The number of urea groups is 1. The highest BCUT2D eigenvalue weighted by Gasteiger charge is 2.51. The van der Waals surface area contributed by atoms with E-state index in [1.54, 1.807) is 0 Å². The second-order valence-electron chi connectivity index (χ2n) is 8.11. The third-order valence-corrected chi connectivity index (χ3v) is 4.15. The Morgan fingerprint density at radius 3 is 2.00 bits per heavy atom. The predicted octanol–water partition coefficient (Wildman–Crippen LogP) is 4.99. The first-order valence-electron chi connectivity index (χ1n) is 8.46. The molecule has 0 aromatic carbocycles. The zero-order chi connectivity index (χ0) is 17.1. The molecule has 3 nitrogen and oxygen atoms in total. The Bertz CT molecular complexity index is 426. The van der Waals surface area contributed by atoms with Crippen LogP contribution in [0.1, 0.15) is 67.7 Å². The van der Waals surface area contributed by atoms with Gasteiger partial charge in [0.05, 0.1) is 12.1 Å². The minimum Gasteiger partial charge on any atom is -0.314 e. The maximum Gasteiger partial charge on any atom is 0.321 e. The molecule has 0 spiro atoms. The highest BCUT2D eigenvalue weighted by Crippen LogP contribution is 2.37. The lowest BCUT2D eigenvalue weighted by molar-refractivity contribution is 0.122. The Labute approximate surface area is 137 Å². The van der Waals surface area contributed by atoms with Crippen LogP contribution in [0.5, 0.6) is 0 Å². The van der Waals surface area contributed by atoms with Gasteiger partial charge in [0, 0.05) is 11.1 Å². The maximum atomic E-state index is 13.1. The first-order chi connectivity index (χ1) is 10.1. The molecule has 1 aliphatic heterocycles. The first kappa shape index (κ1) is 18.8. The summed E-state index contributed by atoms with van der Waals surface area (Å²) in [6.07, 6.45) is 9.41. The molecule has 2 amide bonds. The monoisotopic (exact) mass is 306 g/mol. The van der Waals surface area contributed by atoms with Crippen molar-refractivity contribution >= 4 is 6.03 Å². The molecule has 1 saturated heterocycles. The maximum absolute atomic E-state index is 13.1. The molecule has 0 aliphatic carbocycles. The van der Waals surface area contributed by atoms with Crippen LogP contribution in [0.2, 0.25) is 0 Å².